The Hall–Kier alpha value is -0.560. The van der Waals surface area contributed by atoms with Crippen molar-refractivity contribution in [1.82, 2.24) is 4.90 Å². The summed E-state index contributed by atoms with van der Waals surface area (Å²) in [5.41, 5.74) is 6.41. The van der Waals surface area contributed by atoms with Gasteiger partial charge in [0.25, 0.3) is 0 Å². The Morgan fingerprint density at radius 3 is 2.56 bits per heavy atom. The molecule has 1 saturated carbocycles. The van der Waals surface area contributed by atoms with Crippen molar-refractivity contribution >= 4 is 0 Å². The van der Waals surface area contributed by atoms with E-state index in [0.29, 0.717) is 6.54 Å². The van der Waals surface area contributed by atoms with Crippen LogP contribution in [0.1, 0.15) is 40.5 Å². The lowest BCUT2D eigenvalue weighted by atomic mass is 9.54. The Morgan fingerprint density at radius 2 is 2.11 bits per heavy atom. The quantitative estimate of drug-likeness (QED) is 0.703. The molecule has 0 saturated heterocycles. The molecule has 1 fully saturated rings. The second-order valence-electron chi connectivity index (χ2n) is 5.94. The molecule has 1 rings (SSSR count). The lowest BCUT2D eigenvalue weighted by Gasteiger charge is -2.60. The Kier molecular flexibility index (Phi) is 5.21. The number of ether oxygens (including phenoxy) is 1. The van der Waals surface area contributed by atoms with Crippen LogP contribution in [0, 0.1) is 17.8 Å². The van der Waals surface area contributed by atoms with Crippen LogP contribution in [-0.4, -0.2) is 42.8 Å². The van der Waals surface area contributed by atoms with Gasteiger partial charge in [-0.25, -0.2) is 0 Å². The Bertz CT molecular complexity index is 308. The summed E-state index contributed by atoms with van der Waals surface area (Å²) in [6, 6.07) is 0. The number of hydrogen-bond acceptors (Lipinski definition) is 3. The van der Waals surface area contributed by atoms with Gasteiger partial charge >= 0.3 is 0 Å². The average molecular weight is 252 g/mol. The summed E-state index contributed by atoms with van der Waals surface area (Å²) in [6.45, 7) is 11.9. The molecular formula is C15H28N2O. The zero-order valence-corrected chi connectivity index (χ0v) is 12.3. The minimum atomic E-state index is -0.182. The predicted octanol–water partition coefficient (Wildman–Crippen LogP) is 1.86. The average Bonchev–Trinajstić information content (AvgIpc) is 2.29. The highest BCUT2D eigenvalue weighted by atomic mass is 16.5. The summed E-state index contributed by atoms with van der Waals surface area (Å²) in [5.74, 6) is 2.73. The van der Waals surface area contributed by atoms with Gasteiger partial charge in [0.05, 0.1) is 12.6 Å². The third-order valence-electron chi connectivity index (χ3n) is 4.37. The second-order valence-corrected chi connectivity index (χ2v) is 5.94. The lowest BCUT2D eigenvalue weighted by molar-refractivity contribution is -0.155. The first-order chi connectivity index (χ1) is 8.41. The van der Waals surface area contributed by atoms with Gasteiger partial charge in [0.2, 0.25) is 0 Å². The van der Waals surface area contributed by atoms with Gasteiger partial charge in [-0.05, 0) is 26.3 Å². The summed E-state index contributed by atoms with van der Waals surface area (Å²) in [5, 5.41) is 0. The van der Waals surface area contributed by atoms with E-state index in [0.717, 1.165) is 32.5 Å². The number of nitrogens with two attached hydrogens (primary N) is 1. The van der Waals surface area contributed by atoms with Gasteiger partial charge in [-0.1, -0.05) is 26.7 Å². The molecule has 2 atom stereocenters. The molecule has 0 aromatic carbocycles. The van der Waals surface area contributed by atoms with Crippen molar-refractivity contribution in [2.75, 3.05) is 26.2 Å². The third-order valence-corrected chi connectivity index (χ3v) is 4.37. The van der Waals surface area contributed by atoms with E-state index in [2.05, 4.69) is 31.6 Å². The Balaban J connectivity index is 2.63. The normalized spacial score (nSPS) is 29.9. The van der Waals surface area contributed by atoms with E-state index in [1.54, 1.807) is 0 Å². The fourth-order valence-corrected chi connectivity index (χ4v) is 2.83. The minimum Gasteiger partial charge on any atom is -0.378 e. The van der Waals surface area contributed by atoms with Crippen LogP contribution >= 0.6 is 0 Å². The van der Waals surface area contributed by atoms with Crippen LogP contribution in [-0.2, 0) is 4.74 Å². The number of hydrogen-bond donors (Lipinski definition) is 1. The lowest BCUT2D eigenvalue weighted by Crippen LogP contribution is -2.73. The van der Waals surface area contributed by atoms with Crippen molar-refractivity contribution < 1.29 is 4.74 Å². The zero-order valence-electron chi connectivity index (χ0n) is 12.3. The topological polar surface area (TPSA) is 38.5 Å². The summed E-state index contributed by atoms with van der Waals surface area (Å²) >= 11 is 0. The maximum absolute atomic E-state index is 6.57. The van der Waals surface area contributed by atoms with Crippen LogP contribution in [0.5, 0.6) is 0 Å². The van der Waals surface area contributed by atoms with Gasteiger partial charge in [0, 0.05) is 24.1 Å². The van der Waals surface area contributed by atoms with Gasteiger partial charge in [0.15, 0.2) is 0 Å². The van der Waals surface area contributed by atoms with Crippen LogP contribution in [0.15, 0.2) is 0 Å². The first-order valence-corrected chi connectivity index (χ1v) is 6.97. The second kappa shape index (κ2) is 6.06. The van der Waals surface area contributed by atoms with Gasteiger partial charge in [-0.3, -0.25) is 4.90 Å². The molecule has 18 heavy (non-hydrogen) atoms. The van der Waals surface area contributed by atoms with E-state index in [-0.39, 0.29) is 17.1 Å². The molecule has 0 aliphatic heterocycles. The van der Waals surface area contributed by atoms with E-state index in [4.69, 9.17) is 16.9 Å². The summed E-state index contributed by atoms with van der Waals surface area (Å²) in [6.07, 6.45) is 7.74. The molecule has 0 radical (unpaired) electrons. The predicted molar refractivity (Wildman–Crippen MR) is 76.3 cm³/mol. The fraction of sp³-hybridized carbons (Fsp3) is 0.867. The van der Waals surface area contributed by atoms with E-state index < -0.39 is 0 Å². The highest BCUT2D eigenvalue weighted by Gasteiger charge is 2.58. The first-order valence-electron chi connectivity index (χ1n) is 6.97. The first kappa shape index (κ1) is 15.5. The third kappa shape index (κ3) is 2.88. The molecule has 2 unspecified atom stereocenters. The molecule has 2 N–H and O–H groups in total. The maximum Gasteiger partial charge on any atom is 0.0662 e. The van der Waals surface area contributed by atoms with Gasteiger partial charge in [-0.15, -0.1) is 6.42 Å². The molecule has 3 nitrogen and oxygen atoms in total. The van der Waals surface area contributed by atoms with Crippen molar-refractivity contribution in [2.24, 2.45) is 11.1 Å². The molecule has 104 valence electrons. The molecule has 0 amide bonds. The smallest absolute Gasteiger partial charge is 0.0662 e. The van der Waals surface area contributed by atoms with Crippen LogP contribution in [0.3, 0.4) is 0 Å². The van der Waals surface area contributed by atoms with Crippen molar-refractivity contribution in [3.63, 3.8) is 0 Å². The Morgan fingerprint density at radius 1 is 1.44 bits per heavy atom. The van der Waals surface area contributed by atoms with E-state index in [1.807, 2.05) is 6.92 Å². The van der Waals surface area contributed by atoms with Crippen LogP contribution in [0.2, 0.25) is 0 Å². The molecule has 0 aromatic rings. The SMILES string of the molecule is C#CCN(CCC)CC1(N)CC(OCC)C1(C)C. The van der Waals surface area contributed by atoms with E-state index in [9.17, 15) is 0 Å². The Labute approximate surface area is 112 Å². The molecule has 0 spiro atoms. The van der Waals surface area contributed by atoms with Crippen LogP contribution in [0.25, 0.3) is 0 Å². The zero-order chi connectivity index (χ0) is 13.8. The minimum absolute atomic E-state index is 0.0175. The molecular weight excluding hydrogens is 224 g/mol. The number of nitrogens with zero attached hydrogens (tertiary/aromatic N) is 1. The molecule has 0 heterocycles. The van der Waals surface area contributed by atoms with Crippen LogP contribution < -0.4 is 5.73 Å². The molecule has 0 aromatic heterocycles. The van der Waals surface area contributed by atoms with E-state index >= 15 is 0 Å². The summed E-state index contributed by atoms with van der Waals surface area (Å²) < 4.78 is 5.75. The maximum atomic E-state index is 6.57. The van der Waals surface area contributed by atoms with Crippen molar-refractivity contribution in [3.8, 4) is 12.3 Å². The molecule has 1 aliphatic rings. The van der Waals surface area contributed by atoms with Crippen molar-refractivity contribution in [2.45, 2.75) is 52.2 Å². The molecule has 3 heteroatoms. The van der Waals surface area contributed by atoms with Gasteiger partial charge < -0.3 is 10.5 Å². The van der Waals surface area contributed by atoms with E-state index in [1.165, 1.54) is 0 Å². The van der Waals surface area contributed by atoms with Crippen molar-refractivity contribution in [3.05, 3.63) is 0 Å². The monoisotopic (exact) mass is 252 g/mol. The van der Waals surface area contributed by atoms with Crippen molar-refractivity contribution in [1.29, 1.82) is 0 Å². The summed E-state index contributed by atoms with van der Waals surface area (Å²) in [7, 11) is 0. The molecule has 1 aliphatic carbocycles. The number of rotatable bonds is 7. The number of terminal acetylenes is 1. The largest absolute Gasteiger partial charge is 0.378 e. The highest BCUT2D eigenvalue weighted by molar-refractivity contribution is 5.15. The van der Waals surface area contributed by atoms with Gasteiger partial charge in [-0.2, -0.15) is 0 Å². The standard InChI is InChI=1S/C15H28N2O/c1-6-9-17(10-7-2)12-15(16)11-13(18-8-3)14(15,4)5/h1,13H,7-12,16H2,2-5H3. The van der Waals surface area contributed by atoms with Crippen LogP contribution in [0.4, 0.5) is 0 Å². The highest BCUT2D eigenvalue weighted by Crippen LogP contribution is 2.50. The fourth-order valence-electron chi connectivity index (χ4n) is 2.83. The molecule has 0 bridgehead atoms. The van der Waals surface area contributed by atoms with Gasteiger partial charge in [0.1, 0.15) is 0 Å². The summed E-state index contributed by atoms with van der Waals surface area (Å²) in [4.78, 5) is 2.28.